The first kappa shape index (κ1) is 14.1. The van der Waals surface area contributed by atoms with Gasteiger partial charge in [-0.15, -0.1) is 0 Å². The summed E-state index contributed by atoms with van der Waals surface area (Å²) in [5, 5.41) is 12.4. The van der Waals surface area contributed by atoms with Crippen LogP contribution in [0.25, 0.3) is 0 Å². The van der Waals surface area contributed by atoms with Gasteiger partial charge in [-0.2, -0.15) is 0 Å². The second kappa shape index (κ2) is 6.76. The molecule has 0 aliphatic carbocycles. The van der Waals surface area contributed by atoms with Crippen LogP contribution in [0.1, 0.15) is 0 Å². The molecule has 20 heavy (non-hydrogen) atoms. The van der Waals surface area contributed by atoms with Crippen LogP contribution in [-0.4, -0.2) is 33.9 Å². The highest BCUT2D eigenvalue weighted by molar-refractivity contribution is 7.99. The van der Waals surface area contributed by atoms with Crippen LogP contribution in [0.2, 0.25) is 0 Å². The van der Waals surface area contributed by atoms with E-state index in [0.717, 1.165) is 23.2 Å². The standard InChI is InChI=1S/C13H13N3O3S/c1-19-10-4-2-9(3-5-10)16-11-6-12(15-8-14-11)20-7-13(17)18/h2-6,8H,7H2,1H3,(H,17,18)(H,14,15,16). The second-order valence-corrected chi connectivity index (χ2v) is 4.77. The number of carboxylic acids is 1. The Balaban J connectivity index is 2.04. The lowest BCUT2D eigenvalue weighted by molar-refractivity contribution is -0.133. The van der Waals surface area contributed by atoms with Crippen molar-refractivity contribution in [3.63, 3.8) is 0 Å². The Bertz CT molecular complexity index is 590. The van der Waals surface area contributed by atoms with Crippen molar-refractivity contribution < 1.29 is 14.6 Å². The Morgan fingerprint density at radius 1 is 1.35 bits per heavy atom. The fraction of sp³-hybridized carbons (Fsp3) is 0.154. The Kier molecular flexibility index (Phi) is 4.78. The van der Waals surface area contributed by atoms with Gasteiger partial charge in [0.15, 0.2) is 0 Å². The predicted octanol–water partition coefficient (Wildman–Crippen LogP) is 2.41. The summed E-state index contributed by atoms with van der Waals surface area (Å²) in [6.07, 6.45) is 1.40. The Morgan fingerprint density at radius 2 is 2.10 bits per heavy atom. The summed E-state index contributed by atoms with van der Waals surface area (Å²) in [5.41, 5.74) is 0.860. The largest absolute Gasteiger partial charge is 0.497 e. The van der Waals surface area contributed by atoms with Gasteiger partial charge in [0.1, 0.15) is 22.9 Å². The maximum absolute atomic E-state index is 10.5. The number of hydrogen-bond donors (Lipinski definition) is 2. The fourth-order valence-corrected chi connectivity index (χ4v) is 2.03. The molecule has 2 aromatic rings. The van der Waals surface area contributed by atoms with Crippen LogP contribution in [0.15, 0.2) is 41.7 Å². The van der Waals surface area contributed by atoms with Crippen LogP contribution in [0.5, 0.6) is 5.75 Å². The quantitative estimate of drug-likeness (QED) is 0.624. The lowest BCUT2D eigenvalue weighted by atomic mass is 10.3. The van der Waals surface area contributed by atoms with Gasteiger partial charge in [-0.3, -0.25) is 4.79 Å². The molecule has 1 aromatic heterocycles. The van der Waals surface area contributed by atoms with E-state index in [-0.39, 0.29) is 5.75 Å². The molecule has 2 rings (SSSR count). The number of nitrogens with zero attached hydrogens (tertiary/aromatic N) is 2. The van der Waals surface area contributed by atoms with Crippen LogP contribution in [0.4, 0.5) is 11.5 Å². The van der Waals surface area contributed by atoms with Gasteiger partial charge >= 0.3 is 5.97 Å². The minimum Gasteiger partial charge on any atom is -0.497 e. The van der Waals surface area contributed by atoms with Crippen molar-refractivity contribution in [2.45, 2.75) is 5.03 Å². The molecule has 2 N–H and O–H groups in total. The molecular formula is C13H13N3O3S. The highest BCUT2D eigenvalue weighted by Crippen LogP contribution is 2.21. The number of rotatable bonds is 6. The number of carbonyl (C=O) groups is 1. The number of ether oxygens (including phenoxy) is 1. The zero-order valence-electron chi connectivity index (χ0n) is 10.7. The van der Waals surface area contributed by atoms with Crippen LogP contribution in [0, 0.1) is 0 Å². The maximum Gasteiger partial charge on any atom is 0.313 e. The SMILES string of the molecule is COc1ccc(Nc2cc(SCC(=O)O)ncn2)cc1. The van der Waals surface area contributed by atoms with Crippen LogP contribution in [0.3, 0.4) is 0 Å². The number of hydrogen-bond acceptors (Lipinski definition) is 6. The van der Waals surface area contributed by atoms with Crippen molar-refractivity contribution in [1.82, 2.24) is 9.97 Å². The maximum atomic E-state index is 10.5. The van der Waals surface area contributed by atoms with Crippen molar-refractivity contribution in [2.75, 3.05) is 18.2 Å². The second-order valence-electron chi connectivity index (χ2n) is 3.78. The molecular weight excluding hydrogens is 278 g/mol. The Morgan fingerprint density at radius 3 is 2.75 bits per heavy atom. The van der Waals surface area contributed by atoms with E-state index in [9.17, 15) is 4.79 Å². The average molecular weight is 291 g/mol. The summed E-state index contributed by atoms with van der Waals surface area (Å²) in [6, 6.07) is 9.11. The number of methoxy groups -OCH3 is 1. The first-order valence-electron chi connectivity index (χ1n) is 5.75. The molecule has 0 saturated carbocycles. The Labute approximate surface area is 120 Å². The predicted molar refractivity (Wildman–Crippen MR) is 76.7 cm³/mol. The third-order valence-corrected chi connectivity index (χ3v) is 3.26. The molecule has 0 atom stereocenters. The van der Waals surface area contributed by atoms with E-state index >= 15 is 0 Å². The first-order valence-corrected chi connectivity index (χ1v) is 6.73. The summed E-state index contributed by atoms with van der Waals surface area (Å²) in [4.78, 5) is 18.6. The smallest absolute Gasteiger partial charge is 0.313 e. The summed E-state index contributed by atoms with van der Waals surface area (Å²) in [7, 11) is 1.61. The van der Waals surface area contributed by atoms with E-state index in [2.05, 4.69) is 15.3 Å². The normalized spacial score (nSPS) is 10.1. The molecule has 1 aromatic carbocycles. The lowest BCUT2D eigenvalue weighted by Crippen LogP contribution is -1.99. The first-order chi connectivity index (χ1) is 9.67. The summed E-state index contributed by atoms with van der Waals surface area (Å²) in [6.45, 7) is 0. The van der Waals surface area contributed by atoms with E-state index in [1.54, 1.807) is 13.2 Å². The van der Waals surface area contributed by atoms with Crippen LogP contribution >= 0.6 is 11.8 Å². The molecule has 1 heterocycles. The highest BCUT2D eigenvalue weighted by atomic mass is 32.2. The Hall–Kier alpha value is -2.28. The number of benzene rings is 1. The van der Waals surface area contributed by atoms with Crippen molar-refractivity contribution in [3.8, 4) is 5.75 Å². The molecule has 0 fully saturated rings. The molecule has 0 aliphatic rings. The zero-order chi connectivity index (χ0) is 14.4. The highest BCUT2D eigenvalue weighted by Gasteiger charge is 2.03. The van der Waals surface area contributed by atoms with E-state index in [1.807, 2.05) is 24.3 Å². The molecule has 0 spiro atoms. The number of aromatic nitrogens is 2. The van der Waals surface area contributed by atoms with Gasteiger partial charge in [-0.25, -0.2) is 9.97 Å². The number of carboxylic acid groups (broad SMARTS) is 1. The van der Waals surface area contributed by atoms with Gasteiger partial charge in [0.05, 0.1) is 12.9 Å². The van der Waals surface area contributed by atoms with Crippen LogP contribution in [-0.2, 0) is 4.79 Å². The minimum absolute atomic E-state index is 0.0288. The number of aliphatic carboxylic acids is 1. The average Bonchev–Trinajstić information content (AvgIpc) is 2.46. The molecule has 0 bridgehead atoms. The topological polar surface area (TPSA) is 84.3 Å². The van der Waals surface area contributed by atoms with E-state index in [0.29, 0.717) is 10.8 Å². The van der Waals surface area contributed by atoms with E-state index in [1.165, 1.54) is 6.33 Å². The third-order valence-electron chi connectivity index (χ3n) is 2.35. The molecule has 0 saturated heterocycles. The van der Waals surface area contributed by atoms with Gasteiger partial charge in [-0.05, 0) is 24.3 Å². The monoisotopic (exact) mass is 291 g/mol. The summed E-state index contributed by atoms with van der Waals surface area (Å²) in [5.74, 6) is 0.478. The summed E-state index contributed by atoms with van der Waals surface area (Å²) < 4.78 is 5.08. The molecule has 0 amide bonds. The molecule has 6 nitrogen and oxygen atoms in total. The molecule has 104 valence electrons. The van der Waals surface area contributed by atoms with Crippen molar-refractivity contribution in [1.29, 1.82) is 0 Å². The van der Waals surface area contributed by atoms with E-state index < -0.39 is 5.97 Å². The number of nitrogens with one attached hydrogen (secondary N) is 1. The molecule has 0 radical (unpaired) electrons. The third kappa shape index (κ3) is 4.13. The number of thioether (sulfide) groups is 1. The van der Waals surface area contributed by atoms with Crippen molar-refractivity contribution in [3.05, 3.63) is 36.7 Å². The fourth-order valence-electron chi connectivity index (χ4n) is 1.44. The van der Waals surface area contributed by atoms with Crippen molar-refractivity contribution in [2.24, 2.45) is 0 Å². The summed E-state index contributed by atoms with van der Waals surface area (Å²) >= 11 is 1.15. The van der Waals surface area contributed by atoms with Gasteiger partial charge in [0, 0.05) is 11.8 Å². The van der Waals surface area contributed by atoms with Crippen LogP contribution < -0.4 is 10.1 Å². The lowest BCUT2D eigenvalue weighted by Gasteiger charge is -2.07. The number of anilines is 2. The van der Waals surface area contributed by atoms with Gasteiger partial charge in [0.25, 0.3) is 0 Å². The van der Waals surface area contributed by atoms with Gasteiger partial charge in [0.2, 0.25) is 0 Å². The van der Waals surface area contributed by atoms with Gasteiger partial charge < -0.3 is 15.2 Å². The minimum atomic E-state index is -0.877. The molecule has 7 heteroatoms. The van der Waals surface area contributed by atoms with Crippen molar-refractivity contribution >= 4 is 29.2 Å². The molecule has 0 aliphatic heterocycles. The van der Waals surface area contributed by atoms with E-state index in [4.69, 9.17) is 9.84 Å². The molecule has 0 unspecified atom stereocenters. The van der Waals surface area contributed by atoms with Gasteiger partial charge in [-0.1, -0.05) is 11.8 Å². The zero-order valence-corrected chi connectivity index (χ0v) is 11.6.